The number of nitrogens with one attached hydrogen (secondary N) is 1. The van der Waals surface area contributed by atoms with Crippen LogP contribution in [0.1, 0.15) is 19.4 Å². The Bertz CT molecular complexity index is 348. The molecule has 1 atom stereocenters. The van der Waals surface area contributed by atoms with Crippen molar-refractivity contribution in [2.24, 2.45) is 0 Å². The molecule has 0 aliphatic rings. The summed E-state index contributed by atoms with van der Waals surface area (Å²) in [5.74, 6) is 2.67. The second-order valence-corrected chi connectivity index (χ2v) is 4.43. The molecule has 0 radical (unpaired) electrons. The first-order valence-electron chi connectivity index (χ1n) is 4.84. The van der Waals surface area contributed by atoms with Crippen molar-refractivity contribution in [2.75, 3.05) is 16.8 Å². The molecule has 4 nitrogen and oxygen atoms in total. The third-order valence-corrected chi connectivity index (χ3v) is 2.94. The maximum absolute atomic E-state index is 8.84. The minimum Gasteiger partial charge on any atom is -0.364 e. The highest BCUT2D eigenvalue weighted by molar-refractivity contribution is 7.99. The van der Waals surface area contributed by atoms with Crippen LogP contribution in [0.25, 0.3) is 0 Å². The molecule has 0 aliphatic heterocycles. The predicted octanol–water partition coefficient (Wildman–Crippen LogP) is 1.90. The van der Waals surface area contributed by atoms with Gasteiger partial charge in [0.1, 0.15) is 6.07 Å². The quantitative estimate of drug-likeness (QED) is 0.824. The maximum Gasteiger partial charge on any atom is 0.166 e. The van der Waals surface area contributed by atoms with Gasteiger partial charge in [-0.25, -0.2) is 0 Å². The number of rotatable bonds is 5. The van der Waals surface area contributed by atoms with Gasteiger partial charge >= 0.3 is 0 Å². The van der Waals surface area contributed by atoms with Crippen LogP contribution in [0, 0.1) is 11.3 Å². The number of hydrogen-bond donors (Lipinski definition) is 1. The van der Waals surface area contributed by atoms with Crippen LogP contribution in [0.5, 0.6) is 0 Å². The molecule has 1 N–H and O–H groups in total. The van der Waals surface area contributed by atoms with E-state index in [-0.39, 0.29) is 0 Å². The Balaban J connectivity index is 2.60. The van der Waals surface area contributed by atoms with Crippen LogP contribution in [-0.2, 0) is 0 Å². The van der Waals surface area contributed by atoms with Gasteiger partial charge in [0.05, 0.1) is 11.8 Å². The van der Waals surface area contributed by atoms with E-state index >= 15 is 0 Å². The standard InChI is InChI=1S/C10H14N4S/c1-3-15-7-8(2)13-10-9(6-11)4-5-12-14-10/h4-5,8H,3,7H2,1-2H3,(H,13,14). The molecule has 0 saturated heterocycles. The van der Waals surface area contributed by atoms with Crippen LogP contribution in [0.15, 0.2) is 12.3 Å². The third-order valence-electron chi connectivity index (χ3n) is 1.80. The molecule has 1 unspecified atom stereocenters. The Morgan fingerprint density at radius 2 is 2.47 bits per heavy atom. The minimum absolute atomic E-state index is 0.291. The lowest BCUT2D eigenvalue weighted by molar-refractivity contribution is 0.882. The lowest BCUT2D eigenvalue weighted by Crippen LogP contribution is -2.19. The van der Waals surface area contributed by atoms with Gasteiger partial charge in [0, 0.05) is 11.8 Å². The maximum atomic E-state index is 8.84. The highest BCUT2D eigenvalue weighted by Crippen LogP contribution is 2.11. The van der Waals surface area contributed by atoms with Gasteiger partial charge in [-0.1, -0.05) is 6.92 Å². The second-order valence-electron chi connectivity index (χ2n) is 3.11. The molecular formula is C10H14N4S. The Morgan fingerprint density at radius 1 is 1.67 bits per heavy atom. The Hall–Kier alpha value is -1.28. The van der Waals surface area contributed by atoms with Gasteiger partial charge < -0.3 is 5.32 Å². The van der Waals surface area contributed by atoms with E-state index in [0.717, 1.165) is 11.5 Å². The molecule has 1 heterocycles. The summed E-state index contributed by atoms with van der Waals surface area (Å²) in [5.41, 5.74) is 0.540. The Labute approximate surface area is 94.1 Å². The lowest BCUT2D eigenvalue weighted by Gasteiger charge is -2.13. The largest absolute Gasteiger partial charge is 0.364 e. The molecule has 0 spiro atoms. The van der Waals surface area contributed by atoms with Crippen LogP contribution in [0.3, 0.4) is 0 Å². The number of nitrogens with zero attached hydrogens (tertiary/aromatic N) is 3. The smallest absolute Gasteiger partial charge is 0.166 e. The number of hydrogen-bond acceptors (Lipinski definition) is 5. The third kappa shape index (κ3) is 3.76. The SMILES string of the molecule is CCSCC(C)Nc1nnccc1C#N. The first-order valence-corrected chi connectivity index (χ1v) is 5.99. The molecule has 80 valence electrons. The summed E-state index contributed by atoms with van der Waals surface area (Å²) in [6.45, 7) is 4.19. The molecule has 0 amide bonds. The van der Waals surface area contributed by atoms with Crippen LogP contribution in [0.2, 0.25) is 0 Å². The second kappa shape index (κ2) is 6.25. The number of anilines is 1. The summed E-state index contributed by atoms with van der Waals surface area (Å²) in [7, 11) is 0. The normalized spacial score (nSPS) is 11.8. The van der Waals surface area contributed by atoms with Crippen molar-refractivity contribution in [1.82, 2.24) is 10.2 Å². The van der Waals surface area contributed by atoms with E-state index in [9.17, 15) is 0 Å². The summed E-state index contributed by atoms with van der Waals surface area (Å²) in [6, 6.07) is 4.04. The van der Waals surface area contributed by atoms with Crippen molar-refractivity contribution < 1.29 is 0 Å². The van der Waals surface area contributed by atoms with E-state index in [1.54, 1.807) is 6.07 Å². The molecule has 1 aromatic rings. The molecule has 0 aromatic carbocycles. The molecule has 5 heteroatoms. The van der Waals surface area contributed by atoms with Gasteiger partial charge in [-0.3, -0.25) is 0 Å². The summed E-state index contributed by atoms with van der Waals surface area (Å²) in [6.07, 6.45) is 1.52. The first kappa shape index (κ1) is 11.8. The van der Waals surface area contributed by atoms with E-state index in [4.69, 9.17) is 5.26 Å². The van der Waals surface area contributed by atoms with E-state index in [2.05, 4.69) is 35.4 Å². The van der Waals surface area contributed by atoms with Gasteiger partial charge in [-0.2, -0.15) is 22.1 Å². The highest BCUT2D eigenvalue weighted by Gasteiger charge is 2.07. The summed E-state index contributed by atoms with van der Waals surface area (Å²) in [5, 5.41) is 19.7. The fourth-order valence-electron chi connectivity index (χ4n) is 1.10. The Morgan fingerprint density at radius 3 is 3.13 bits per heavy atom. The Kier molecular flexibility index (Phi) is 4.91. The molecule has 0 bridgehead atoms. The summed E-state index contributed by atoms with van der Waals surface area (Å²) in [4.78, 5) is 0. The highest BCUT2D eigenvalue weighted by atomic mass is 32.2. The monoisotopic (exact) mass is 222 g/mol. The average molecular weight is 222 g/mol. The van der Waals surface area contributed by atoms with Crippen molar-refractivity contribution in [3.05, 3.63) is 17.8 Å². The van der Waals surface area contributed by atoms with E-state index in [0.29, 0.717) is 17.4 Å². The van der Waals surface area contributed by atoms with E-state index in [1.807, 2.05) is 11.8 Å². The molecule has 1 rings (SSSR count). The molecule has 0 fully saturated rings. The molecule has 0 aliphatic carbocycles. The molecule has 15 heavy (non-hydrogen) atoms. The number of nitriles is 1. The first-order chi connectivity index (χ1) is 7.27. The fourth-order valence-corrected chi connectivity index (χ4v) is 1.77. The molecular weight excluding hydrogens is 208 g/mol. The lowest BCUT2D eigenvalue weighted by atomic mass is 10.3. The van der Waals surface area contributed by atoms with E-state index < -0.39 is 0 Å². The van der Waals surface area contributed by atoms with Gasteiger partial charge in [0.25, 0.3) is 0 Å². The minimum atomic E-state index is 0.291. The average Bonchev–Trinajstić information content (AvgIpc) is 2.27. The predicted molar refractivity (Wildman–Crippen MR) is 62.8 cm³/mol. The van der Waals surface area contributed by atoms with Crippen LogP contribution in [-0.4, -0.2) is 27.7 Å². The van der Waals surface area contributed by atoms with Crippen molar-refractivity contribution in [3.63, 3.8) is 0 Å². The van der Waals surface area contributed by atoms with Crippen molar-refractivity contribution in [1.29, 1.82) is 5.26 Å². The zero-order chi connectivity index (χ0) is 11.1. The van der Waals surface area contributed by atoms with Crippen molar-refractivity contribution in [3.8, 4) is 6.07 Å². The molecule has 0 saturated carbocycles. The number of aromatic nitrogens is 2. The van der Waals surface area contributed by atoms with Crippen molar-refractivity contribution in [2.45, 2.75) is 19.9 Å². The fraction of sp³-hybridized carbons (Fsp3) is 0.500. The van der Waals surface area contributed by atoms with Gasteiger partial charge in [-0.15, -0.1) is 5.10 Å². The van der Waals surface area contributed by atoms with Gasteiger partial charge in [0.15, 0.2) is 5.82 Å². The van der Waals surface area contributed by atoms with Crippen molar-refractivity contribution >= 4 is 17.6 Å². The molecule has 1 aromatic heterocycles. The van der Waals surface area contributed by atoms with Gasteiger partial charge in [-0.05, 0) is 18.7 Å². The van der Waals surface area contributed by atoms with Crippen LogP contribution in [0.4, 0.5) is 5.82 Å². The summed E-state index contributed by atoms with van der Waals surface area (Å²) < 4.78 is 0. The topological polar surface area (TPSA) is 61.6 Å². The summed E-state index contributed by atoms with van der Waals surface area (Å²) >= 11 is 1.86. The zero-order valence-electron chi connectivity index (χ0n) is 8.90. The number of thioether (sulfide) groups is 1. The van der Waals surface area contributed by atoms with Gasteiger partial charge in [0.2, 0.25) is 0 Å². The zero-order valence-corrected chi connectivity index (χ0v) is 9.71. The van der Waals surface area contributed by atoms with E-state index in [1.165, 1.54) is 6.20 Å². The van der Waals surface area contributed by atoms with Crippen LogP contribution >= 0.6 is 11.8 Å². The van der Waals surface area contributed by atoms with Crippen LogP contribution < -0.4 is 5.32 Å².